The van der Waals surface area contributed by atoms with Crippen molar-refractivity contribution >= 4 is 32.9 Å². The van der Waals surface area contributed by atoms with Crippen molar-refractivity contribution < 1.29 is 0 Å². The molecule has 0 bridgehead atoms. The Bertz CT molecular complexity index is 109. The average molecular weight is 217 g/mol. The van der Waals surface area contributed by atoms with Gasteiger partial charge in [-0.1, -0.05) is 13.1 Å². The Morgan fingerprint density at radius 2 is 1.27 bits per heavy atom. The van der Waals surface area contributed by atoms with Crippen LogP contribution in [-0.4, -0.2) is 20.2 Å². The zero-order chi connectivity index (χ0) is 7.07. The van der Waals surface area contributed by atoms with Crippen molar-refractivity contribution in [2.45, 2.75) is 37.3 Å². The number of nitrogens with two attached hydrogens (primary N) is 2. The van der Waals surface area contributed by atoms with Gasteiger partial charge in [0.15, 0.2) is 0 Å². The molecule has 0 aromatic heterocycles. The summed E-state index contributed by atoms with van der Waals surface area (Å²) in [5, 5.41) is 0. The zero-order valence-electron chi connectivity index (χ0n) is 7.04. The van der Waals surface area contributed by atoms with Crippen LogP contribution in [0.5, 0.6) is 0 Å². The van der Waals surface area contributed by atoms with E-state index in [9.17, 15) is 0 Å². The fraction of sp³-hybridized carbons (Fsp3) is 1.00. The molecule has 1 aliphatic rings. The second kappa shape index (κ2) is 4.67. The van der Waals surface area contributed by atoms with Crippen molar-refractivity contribution in [3.63, 3.8) is 0 Å². The van der Waals surface area contributed by atoms with E-state index in [0.717, 1.165) is 0 Å². The van der Waals surface area contributed by atoms with E-state index in [0.29, 0.717) is 12.1 Å². The Morgan fingerprint density at radius 3 is 1.36 bits per heavy atom. The van der Waals surface area contributed by atoms with Crippen LogP contribution >= 0.6 is 24.8 Å². The highest BCUT2D eigenvalue weighted by Gasteiger charge is 2.36. The largest absolute Gasteiger partial charge is 0.327 e. The maximum absolute atomic E-state index is 5.76. The average Bonchev–Trinajstić information content (AvgIpc) is 1.79. The number of hydrogen-bond acceptors (Lipinski definition) is 2. The molecule has 0 spiro atoms. The van der Waals surface area contributed by atoms with E-state index >= 15 is 0 Å². The minimum Gasteiger partial charge on any atom is -0.327 e. The minimum atomic E-state index is -0.916. The molecule has 2 atom stereocenters. The van der Waals surface area contributed by atoms with Crippen LogP contribution < -0.4 is 11.5 Å². The fourth-order valence-corrected chi connectivity index (χ4v) is 4.99. The van der Waals surface area contributed by atoms with Crippen molar-refractivity contribution in [1.82, 2.24) is 0 Å². The summed E-state index contributed by atoms with van der Waals surface area (Å²) in [4.78, 5) is 0. The zero-order valence-corrected chi connectivity index (χ0v) is 9.67. The maximum atomic E-state index is 5.76. The smallest absolute Gasteiger partial charge is 0.0505 e. The highest BCUT2D eigenvalue weighted by atomic mass is 35.5. The van der Waals surface area contributed by atoms with E-state index in [1.807, 2.05) is 0 Å². The molecule has 0 unspecified atom stereocenters. The molecular weight excluding hydrogens is 199 g/mol. The van der Waals surface area contributed by atoms with Gasteiger partial charge in [0.1, 0.15) is 0 Å². The fourth-order valence-electron chi connectivity index (χ4n) is 1.66. The van der Waals surface area contributed by atoms with Crippen molar-refractivity contribution in [2.24, 2.45) is 11.5 Å². The monoisotopic (exact) mass is 216 g/mol. The molecule has 0 aliphatic carbocycles. The molecule has 0 aromatic carbocycles. The van der Waals surface area contributed by atoms with E-state index < -0.39 is 8.07 Å². The molecule has 0 saturated carbocycles. The van der Waals surface area contributed by atoms with Crippen molar-refractivity contribution in [2.75, 3.05) is 0 Å². The van der Waals surface area contributed by atoms with Crippen LogP contribution in [0.15, 0.2) is 0 Å². The Morgan fingerprint density at radius 1 is 1.00 bits per heavy atom. The Kier molecular flexibility index (Phi) is 6.05. The molecule has 1 aliphatic heterocycles. The number of halogens is 2. The van der Waals surface area contributed by atoms with Gasteiger partial charge in [-0.2, -0.15) is 0 Å². The highest BCUT2D eigenvalue weighted by Crippen LogP contribution is 2.27. The second-order valence-corrected chi connectivity index (χ2v) is 9.05. The first-order valence-electron chi connectivity index (χ1n) is 3.52. The second-order valence-electron chi connectivity index (χ2n) is 3.90. The quantitative estimate of drug-likeness (QED) is 0.599. The summed E-state index contributed by atoms with van der Waals surface area (Å²) >= 11 is 0. The molecule has 1 heterocycles. The molecule has 11 heavy (non-hydrogen) atoms. The van der Waals surface area contributed by atoms with Gasteiger partial charge in [0.05, 0.1) is 8.07 Å². The standard InChI is InChI=1S/C6H16N2Si.2ClH/c1-9(2)3-5(7)6(8)4-9;;/h5-6H,3-4,7-8H2,1-2H3;2*1H/t5-,6-;;/m0../s1. The van der Waals surface area contributed by atoms with Gasteiger partial charge < -0.3 is 11.5 Å². The van der Waals surface area contributed by atoms with Crippen LogP contribution in [0.1, 0.15) is 0 Å². The van der Waals surface area contributed by atoms with Crippen molar-refractivity contribution in [3.05, 3.63) is 0 Å². The molecule has 1 fully saturated rings. The van der Waals surface area contributed by atoms with Gasteiger partial charge in [-0.3, -0.25) is 0 Å². The van der Waals surface area contributed by atoms with Crippen molar-refractivity contribution in [3.8, 4) is 0 Å². The van der Waals surface area contributed by atoms with Gasteiger partial charge in [0, 0.05) is 12.1 Å². The Balaban J connectivity index is 0. The molecule has 1 saturated heterocycles. The first-order chi connectivity index (χ1) is 4.01. The van der Waals surface area contributed by atoms with Gasteiger partial charge in [0.25, 0.3) is 0 Å². The summed E-state index contributed by atoms with van der Waals surface area (Å²) in [5.74, 6) is 0. The predicted molar refractivity (Wildman–Crippen MR) is 57.5 cm³/mol. The van der Waals surface area contributed by atoms with E-state index in [2.05, 4.69) is 13.1 Å². The van der Waals surface area contributed by atoms with Crippen LogP contribution in [0.25, 0.3) is 0 Å². The molecule has 0 amide bonds. The van der Waals surface area contributed by atoms with E-state index in [1.54, 1.807) is 0 Å². The first kappa shape index (κ1) is 14.3. The van der Waals surface area contributed by atoms with Crippen molar-refractivity contribution in [1.29, 1.82) is 0 Å². The summed E-state index contributed by atoms with van der Waals surface area (Å²) < 4.78 is 0. The van der Waals surface area contributed by atoms with Crippen LogP contribution in [-0.2, 0) is 0 Å². The van der Waals surface area contributed by atoms with E-state index in [1.165, 1.54) is 12.1 Å². The van der Waals surface area contributed by atoms with E-state index in [4.69, 9.17) is 11.5 Å². The summed E-state index contributed by atoms with van der Waals surface area (Å²) in [6.45, 7) is 4.72. The number of hydrogen-bond donors (Lipinski definition) is 2. The van der Waals surface area contributed by atoms with Gasteiger partial charge >= 0.3 is 0 Å². The Hall–Kier alpha value is 0.717. The minimum absolute atomic E-state index is 0. The third kappa shape index (κ3) is 3.76. The van der Waals surface area contributed by atoms with Crippen LogP contribution in [0.3, 0.4) is 0 Å². The number of rotatable bonds is 0. The van der Waals surface area contributed by atoms with Crippen LogP contribution in [0.4, 0.5) is 0 Å². The third-order valence-corrected chi connectivity index (χ3v) is 5.28. The van der Waals surface area contributed by atoms with Crippen LogP contribution in [0.2, 0.25) is 25.2 Å². The molecule has 0 aromatic rings. The lowest BCUT2D eigenvalue weighted by atomic mass is 10.2. The van der Waals surface area contributed by atoms with Gasteiger partial charge in [-0.05, 0) is 12.1 Å². The lowest BCUT2D eigenvalue weighted by molar-refractivity contribution is 0.633. The van der Waals surface area contributed by atoms with Gasteiger partial charge in [-0.15, -0.1) is 24.8 Å². The topological polar surface area (TPSA) is 52.0 Å². The molecule has 0 radical (unpaired) electrons. The highest BCUT2D eigenvalue weighted by molar-refractivity contribution is 6.78. The molecule has 5 heteroatoms. The molecule has 2 nitrogen and oxygen atoms in total. The van der Waals surface area contributed by atoms with Gasteiger partial charge in [-0.25, -0.2) is 0 Å². The molecular formula is C6H18Cl2N2Si. The molecule has 70 valence electrons. The summed E-state index contributed by atoms with van der Waals surface area (Å²) in [7, 11) is -0.916. The SMILES string of the molecule is C[Si]1(C)C[C@H](N)[C@@H](N)C1.Cl.Cl. The lowest BCUT2D eigenvalue weighted by Crippen LogP contribution is -2.35. The molecule has 1 rings (SSSR count). The summed E-state index contributed by atoms with van der Waals surface area (Å²) in [6.07, 6.45) is 0. The molecule has 4 N–H and O–H groups in total. The normalized spacial score (nSPS) is 33.8. The summed E-state index contributed by atoms with van der Waals surface area (Å²) in [6, 6.07) is 3.03. The Labute approximate surface area is 81.9 Å². The van der Waals surface area contributed by atoms with Crippen LogP contribution in [0, 0.1) is 0 Å². The summed E-state index contributed by atoms with van der Waals surface area (Å²) in [5.41, 5.74) is 11.5. The lowest BCUT2D eigenvalue weighted by Gasteiger charge is -2.11. The predicted octanol–water partition coefficient (Wildman–Crippen LogP) is 1.21. The third-order valence-electron chi connectivity index (χ3n) is 2.13. The van der Waals surface area contributed by atoms with E-state index in [-0.39, 0.29) is 24.8 Å². The van der Waals surface area contributed by atoms with Gasteiger partial charge in [0.2, 0.25) is 0 Å². The maximum Gasteiger partial charge on any atom is 0.0505 e. The first-order valence-corrected chi connectivity index (χ1v) is 6.94.